The van der Waals surface area contributed by atoms with E-state index < -0.39 is 0 Å². The van der Waals surface area contributed by atoms with Crippen molar-refractivity contribution >= 4 is 16.9 Å². The van der Waals surface area contributed by atoms with Crippen molar-refractivity contribution in [2.45, 2.75) is 45.6 Å². The van der Waals surface area contributed by atoms with Crippen LogP contribution in [0, 0.1) is 0 Å². The topological polar surface area (TPSA) is 65.4 Å². The largest absolute Gasteiger partial charge is 0.493 e. The van der Waals surface area contributed by atoms with Gasteiger partial charge in [-0.05, 0) is 36.2 Å². The van der Waals surface area contributed by atoms with Gasteiger partial charge in [0.15, 0.2) is 11.5 Å². The fourth-order valence-electron chi connectivity index (χ4n) is 3.64. The number of para-hydroxylation sites is 2. The highest BCUT2D eigenvalue weighted by Gasteiger charge is 2.12. The van der Waals surface area contributed by atoms with Gasteiger partial charge in [-0.2, -0.15) is 0 Å². The molecule has 1 amide bonds. The second-order valence-corrected chi connectivity index (χ2v) is 7.34. The van der Waals surface area contributed by atoms with Gasteiger partial charge in [-0.1, -0.05) is 38.0 Å². The molecule has 0 radical (unpaired) electrons. The molecule has 3 rings (SSSR count). The molecule has 1 aromatic heterocycles. The third-order valence-electron chi connectivity index (χ3n) is 5.20. The van der Waals surface area contributed by atoms with Crippen molar-refractivity contribution in [2.75, 3.05) is 20.8 Å². The summed E-state index contributed by atoms with van der Waals surface area (Å²) in [4.78, 5) is 17.2. The molecule has 6 nitrogen and oxygen atoms in total. The summed E-state index contributed by atoms with van der Waals surface area (Å²) in [5.74, 6) is 2.29. The van der Waals surface area contributed by atoms with E-state index in [0.29, 0.717) is 30.9 Å². The number of imidazole rings is 1. The van der Waals surface area contributed by atoms with Gasteiger partial charge in [0, 0.05) is 19.5 Å². The maximum absolute atomic E-state index is 12.4. The summed E-state index contributed by atoms with van der Waals surface area (Å²) in [5.41, 5.74) is 3.07. The number of nitrogens with one attached hydrogen (secondary N) is 1. The standard InChI is InChI=1S/C24H31N3O3/c1-4-5-8-15-27-20-10-7-6-9-19(20)26-23(27)13-14-25-24(28)17-18-11-12-21(29-2)22(16-18)30-3/h6-7,9-12,16H,4-5,8,13-15,17H2,1-3H3,(H,25,28). The second-order valence-electron chi connectivity index (χ2n) is 7.34. The van der Waals surface area contributed by atoms with Gasteiger partial charge in [0.25, 0.3) is 0 Å². The summed E-state index contributed by atoms with van der Waals surface area (Å²) in [5, 5.41) is 3.02. The predicted octanol–water partition coefficient (Wildman–Crippen LogP) is 4.15. The molecule has 0 saturated carbocycles. The molecule has 3 aromatic rings. The number of nitrogens with zero attached hydrogens (tertiary/aromatic N) is 2. The number of aromatic nitrogens is 2. The van der Waals surface area contributed by atoms with Crippen LogP contribution in [0.2, 0.25) is 0 Å². The number of benzene rings is 2. The molecule has 0 aliphatic carbocycles. The summed E-state index contributed by atoms with van der Waals surface area (Å²) in [6.07, 6.45) is 4.53. The first kappa shape index (κ1) is 21.7. The van der Waals surface area contributed by atoms with E-state index in [9.17, 15) is 4.79 Å². The van der Waals surface area contributed by atoms with Crippen molar-refractivity contribution in [1.82, 2.24) is 14.9 Å². The Morgan fingerprint density at radius 3 is 2.63 bits per heavy atom. The smallest absolute Gasteiger partial charge is 0.224 e. The number of carbonyl (C=O) groups is 1. The van der Waals surface area contributed by atoms with Crippen molar-refractivity contribution < 1.29 is 14.3 Å². The Morgan fingerprint density at radius 1 is 1.07 bits per heavy atom. The first-order valence-electron chi connectivity index (χ1n) is 10.6. The number of aryl methyl sites for hydroxylation is 1. The summed E-state index contributed by atoms with van der Waals surface area (Å²) in [7, 11) is 3.19. The molecule has 0 bridgehead atoms. The minimum absolute atomic E-state index is 0.0177. The number of methoxy groups -OCH3 is 2. The number of fused-ring (bicyclic) bond motifs is 1. The zero-order valence-corrected chi connectivity index (χ0v) is 18.1. The number of unbranched alkanes of at least 4 members (excludes halogenated alkanes) is 2. The second kappa shape index (κ2) is 10.7. The molecule has 160 valence electrons. The number of hydrogen-bond acceptors (Lipinski definition) is 4. The molecule has 1 N–H and O–H groups in total. The highest BCUT2D eigenvalue weighted by atomic mass is 16.5. The molecule has 30 heavy (non-hydrogen) atoms. The highest BCUT2D eigenvalue weighted by Crippen LogP contribution is 2.27. The summed E-state index contributed by atoms with van der Waals surface area (Å²) in [6, 6.07) is 13.8. The Kier molecular flexibility index (Phi) is 7.71. The zero-order valence-electron chi connectivity index (χ0n) is 18.1. The number of rotatable bonds is 11. The zero-order chi connectivity index (χ0) is 21.3. The molecular weight excluding hydrogens is 378 g/mol. The number of ether oxygens (including phenoxy) is 2. The molecular formula is C24H31N3O3. The molecule has 6 heteroatoms. The van der Waals surface area contributed by atoms with E-state index in [1.54, 1.807) is 14.2 Å². The Labute approximate surface area is 178 Å². The average Bonchev–Trinajstić information content (AvgIpc) is 3.11. The Morgan fingerprint density at radius 2 is 1.87 bits per heavy atom. The van der Waals surface area contributed by atoms with Crippen LogP contribution in [0.5, 0.6) is 11.5 Å². The lowest BCUT2D eigenvalue weighted by molar-refractivity contribution is -0.120. The van der Waals surface area contributed by atoms with Crippen LogP contribution in [0.4, 0.5) is 0 Å². The fourth-order valence-corrected chi connectivity index (χ4v) is 3.64. The van der Waals surface area contributed by atoms with Crippen LogP contribution in [0.25, 0.3) is 11.0 Å². The van der Waals surface area contributed by atoms with Crippen LogP contribution in [0.15, 0.2) is 42.5 Å². The van der Waals surface area contributed by atoms with Gasteiger partial charge in [0.1, 0.15) is 5.82 Å². The van der Waals surface area contributed by atoms with E-state index in [2.05, 4.69) is 28.9 Å². The van der Waals surface area contributed by atoms with Gasteiger partial charge in [0.05, 0.1) is 31.7 Å². The van der Waals surface area contributed by atoms with Crippen LogP contribution in [-0.4, -0.2) is 36.2 Å². The van der Waals surface area contributed by atoms with E-state index in [1.165, 1.54) is 18.4 Å². The first-order chi connectivity index (χ1) is 14.7. The molecule has 0 spiro atoms. The van der Waals surface area contributed by atoms with Crippen LogP contribution in [0.1, 0.15) is 37.6 Å². The SMILES string of the molecule is CCCCCn1c(CCNC(=O)Cc2ccc(OC)c(OC)c2)nc2ccccc21. The highest BCUT2D eigenvalue weighted by molar-refractivity contribution is 5.79. The Balaban J connectivity index is 1.60. The third kappa shape index (κ3) is 5.32. The third-order valence-corrected chi connectivity index (χ3v) is 5.20. The van der Waals surface area contributed by atoms with Crippen LogP contribution < -0.4 is 14.8 Å². The monoisotopic (exact) mass is 409 g/mol. The van der Waals surface area contributed by atoms with Crippen molar-refractivity contribution in [1.29, 1.82) is 0 Å². The molecule has 2 aromatic carbocycles. The van der Waals surface area contributed by atoms with Crippen molar-refractivity contribution in [3.8, 4) is 11.5 Å². The van der Waals surface area contributed by atoms with Gasteiger partial charge in [-0.15, -0.1) is 0 Å². The van der Waals surface area contributed by atoms with Gasteiger partial charge in [-0.25, -0.2) is 4.98 Å². The Bertz CT molecular complexity index is 981. The molecule has 0 aliphatic rings. The molecule has 1 heterocycles. The lowest BCUT2D eigenvalue weighted by Crippen LogP contribution is -2.28. The van der Waals surface area contributed by atoms with E-state index in [0.717, 1.165) is 29.9 Å². The van der Waals surface area contributed by atoms with Gasteiger partial charge >= 0.3 is 0 Å². The van der Waals surface area contributed by atoms with Crippen LogP contribution in [-0.2, 0) is 24.2 Å². The van der Waals surface area contributed by atoms with Crippen LogP contribution >= 0.6 is 0 Å². The molecule has 0 saturated heterocycles. The quantitative estimate of drug-likeness (QED) is 0.483. The minimum Gasteiger partial charge on any atom is -0.493 e. The van der Waals surface area contributed by atoms with E-state index in [4.69, 9.17) is 14.5 Å². The minimum atomic E-state index is -0.0177. The maximum Gasteiger partial charge on any atom is 0.224 e. The van der Waals surface area contributed by atoms with Crippen LogP contribution in [0.3, 0.4) is 0 Å². The summed E-state index contributed by atoms with van der Waals surface area (Å²) >= 11 is 0. The predicted molar refractivity (Wildman–Crippen MR) is 119 cm³/mol. The molecule has 0 atom stereocenters. The maximum atomic E-state index is 12.4. The molecule has 0 fully saturated rings. The lowest BCUT2D eigenvalue weighted by atomic mass is 10.1. The van der Waals surface area contributed by atoms with Gasteiger partial charge < -0.3 is 19.4 Å². The van der Waals surface area contributed by atoms with Crippen molar-refractivity contribution in [3.05, 3.63) is 53.9 Å². The normalized spacial score (nSPS) is 10.9. The fraction of sp³-hybridized carbons (Fsp3) is 0.417. The van der Waals surface area contributed by atoms with Crippen molar-refractivity contribution in [3.63, 3.8) is 0 Å². The van der Waals surface area contributed by atoms with E-state index in [-0.39, 0.29) is 5.91 Å². The molecule has 0 aliphatic heterocycles. The number of carbonyl (C=O) groups excluding carboxylic acids is 1. The van der Waals surface area contributed by atoms with Gasteiger partial charge in [0.2, 0.25) is 5.91 Å². The first-order valence-corrected chi connectivity index (χ1v) is 10.6. The summed E-state index contributed by atoms with van der Waals surface area (Å²) in [6.45, 7) is 3.73. The van der Waals surface area contributed by atoms with E-state index >= 15 is 0 Å². The average molecular weight is 410 g/mol. The van der Waals surface area contributed by atoms with Crippen molar-refractivity contribution in [2.24, 2.45) is 0 Å². The Hall–Kier alpha value is -3.02. The summed E-state index contributed by atoms with van der Waals surface area (Å²) < 4.78 is 12.9. The van der Waals surface area contributed by atoms with Gasteiger partial charge in [-0.3, -0.25) is 4.79 Å². The molecule has 0 unspecified atom stereocenters. The number of amides is 1. The lowest BCUT2D eigenvalue weighted by Gasteiger charge is -2.11. The number of hydrogen-bond donors (Lipinski definition) is 1. The van der Waals surface area contributed by atoms with E-state index in [1.807, 2.05) is 30.3 Å².